The van der Waals surface area contributed by atoms with E-state index in [-0.39, 0.29) is 0 Å². The zero-order valence-corrected chi connectivity index (χ0v) is 13.5. The molecule has 0 spiro atoms. The van der Waals surface area contributed by atoms with E-state index in [0.29, 0.717) is 0 Å². The van der Waals surface area contributed by atoms with Crippen molar-refractivity contribution in [2.24, 2.45) is 0 Å². The Hall–Kier alpha value is -1.13. The highest BCUT2D eigenvalue weighted by Crippen LogP contribution is 2.30. The first-order valence-electron chi connectivity index (χ1n) is 6.65. The van der Waals surface area contributed by atoms with Gasteiger partial charge in [0.05, 0.1) is 6.61 Å². The van der Waals surface area contributed by atoms with E-state index in [0.717, 1.165) is 46.0 Å². The lowest BCUT2D eigenvalue weighted by atomic mass is 10.1. The Labute approximate surface area is 131 Å². The van der Waals surface area contributed by atoms with Crippen LogP contribution in [0.25, 0.3) is 0 Å². The molecule has 2 nitrogen and oxygen atoms in total. The van der Waals surface area contributed by atoms with E-state index in [1.165, 1.54) is 11.1 Å². The highest BCUT2D eigenvalue weighted by molar-refractivity contribution is 9.10. The number of fused-ring (bicyclic) bond motifs is 1. The van der Waals surface area contributed by atoms with Crippen LogP contribution in [0.15, 0.2) is 45.8 Å². The van der Waals surface area contributed by atoms with Crippen molar-refractivity contribution in [2.75, 3.05) is 18.1 Å². The Morgan fingerprint density at radius 2 is 2.10 bits per heavy atom. The number of hydrogen-bond acceptors (Lipinski definition) is 3. The molecule has 3 rings (SSSR count). The van der Waals surface area contributed by atoms with Crippen LogP contribution >= 0.6 is 27.7 Å². The molecule has 0 unspecified atom stereocenters. The van der Waals surface area contributed by atoms with Crippen LogP contribution in [0.3, 0.4) is 0 Å². The maximum atomic E-state index is 5.98. The largest absolute Gasteiger partial charge is 0.493 e. The normalized spacial score (nSPS) is 13.1. The topological polar surface area (TPSA) is 35.2 Å². The average molecular weight is 350 g/mol. The van der Waals surface area contributed by atoms with Crippen molar-refractivity contribution in [1.82, 2.24) is 0 Å². The minimum atomic E-state index is 0.822. The van der Waals surface area contributed by atoms with Crippen LogP contribution < -0.4 is 10.5 Å². The molecule has 0 atom stereocenters. The fourth-order valence-corrected chi connectivity index (χ4v) is 3.82. The minimum absolute atomic E-state index is 0.822. The lowest BCUT2D eigenvalue weighted by Crippen LogP contribution is -1.93. The Morgan fingerprint density at radius 3 is 3.00 bits per heavy atom. The zero-order valence-electron chi connectivity index (χ0n) is 11.1. The first-order chi connectivity index (χ1) is 9.72. The third-order valence-corrected chi connectivity index (χ3v) is 4.94. The number of benzene rings is 2. The molecule has 104 valence electrons. The monoisotopic (exact) mass is 349 g/mol. The molecule has 0 saturated heterocycles. The van der Waals surface area contributed by atoms with Gasteiger partial charge in [-0.05, 0) is 41.8 Å². The Kier molecular flexibility index (Phi) is 4.22. The van der Waals surface area contributed by atoms with Crippen molar-refractivity contribution in [3.8, 4) is 5.75 Å². The maximum Gasteiger partial charge on any atom is 0.122 e. The quantitative estimate of drug-likeness (QED) is 0.660. The van der Waals surface area contributed by atoms with Crippen LogP contribution in [-0.2, 0) is 12.8 Å². The second kappa shape index (κ2) is 6.10. The Balaban J connectivity index is 1.61. The minimum Gasteiger partial charge on any atom is -0.493 e. The maximum absolute atomic E-state index is 5.98. The smallest absolute Gasteiger partial charge is 0.122 e. The Morgan fingerprint density at radius 1 is 1.20 bits per heavy atom. The molecule has 2 aromatic rings. The van der Waals surface area contributed by atoms with Crippen molar-refractivity contribution in [2.45, 2.75) is 17.7 Å². The van der Waals surface area contributed by atoms with Gasteiger partial charge in [-0.3, -0.25) is 0 Å². The van der Waals surface area contributed by atoms with Crippen molar-refractivity contribution in [3.63, 3.8) is 0 Å². The number of anilines is 1. The molecule has 0 aliphatic carbocycles. The van der Waals surface area contributed by atoms with E-state index in [2.05, 4.69) is 40.2 Å². The summed E-state index contributed by atoms with van der Waals surface area (Å²) >= 11 is 5.29. The second-order valence-electron chi connectivity index (χ2n) is 4.82. The molecule has 0 radical (unpaired) electrons. The summed E-state index contributed by atoms with van der Waals surface area (Å²) in [6.07, 6.45) is 2.08. The number of halogens is 1. The molecule has 1 aliphatic heterocycles. The van der Waals surface area contributed by atoms with Gasteiger partial charge < -0.3 is 10.5 Å². The summed E-state index contributed by atoms with van der Waals surface area (Å²) in [5.41, 5.74) is 9.54. The van der Waals surface area contributed by atoms with Gasteiger partial charge in [-0.2, -0.15) is 0 Å². The fraction of sp³-hybridized carbons (Fsp3) is 0.250. The number of nitrogen functional groups attached to an aromatic ring is 1. The molecular formula is C16H16BrNOS. The lowest BCUT2D eigenvalue weighted by Gasteiger charge is -2.07. The first-order valence-corrected chi connectivity index (χ1v) is 8.43. The van der Waals surface area contributed by atoms with Crippen LogP contribution in [0.2, 0.25) is 0 Å². The first kappa shape index (κ1) is 13.8. The third kappa shape index (κ3) is 3.13. The predicted molar refractivity (Wildman–Crippen MR) is 88.6 cm³/mol. The SMILES string of the molecule is Nc1ccc(Br)cc1SCCc1ccc2c(c1)CCO2. The summed E-state index contributed by atoms with van der Waals surface area (Å²) in [5.74, 6) is 2.08. The van der Waals surface area contributed by atoms with Crippen LogP contribution in [0.1, 0.15) is 11.1 Å². The third-order valence-electron chi connectivity index (χ3n) is 3.38. The van der Waals surface area contributed by atoms with Crippen molar-refractivity contribution >= 4 is 33.4 Å². The van der Waals surface area contributed by atoms with E-state index in [4.69, 9.17) is 10.5 Å². The van der Waals surface area contributed by atoms with Crippen LogP contribution in [-0.4, -0.2) is 12.4 Å². The second-order valence-corrected chi connectivity index (χ2v) is 6.87. The highest BCUT2D eigenvalue weighted by Gasteiger charge is 2.11. The standard InChI is InChI=1S/C16H16BrNOS/c17-13-2-3-14(18)16(10-13)20-8-6-11-1-4-15-12(9-11)5-7-19-15/h1-4,9-10H,5-8,18H2. The molecule has 2 N–H and O–H groups in total. The van der Waals surface area contributed by atoms with Crippen LogP contribution in [0, 0.1) is 0 Å². The Bertz CT molecular complexity index is 630. The van der Waals surface area contributed by atoms with Crippen molar-refractivity contribution < 1.29 is 4.74 Å². The summed E-state index contributed by atoms with van der Waals surface area (Å²) < 4.78 is 6.60. The molecule has 4 heteroatoms. The molecule has 1 heterocycles. The van der Waals surface area contributed by atoms with Crippen molar-refractivity contribution in [1.29, 1.82) is 0 Å². The zero-order chi connectivity index (χ0) is 13.9. The molecule has 0 fully saturated rings. The van der Waals surface area contributed by atoms with E-state index in [1.54, 1.807) is 11.8 Å². The molecule has 0 amide bonds. The number of rotatable bonds is 4. The molecule has 20 heavy (non-hydrogen) atoms. The number of hydrogen-bond donors (Lipinski definition) is 1. The van der Waals surface area contributed by atoms with Gasteiger partial charge in [0.2, 0.25) is 0 Å². The van der Waals surface area contributed by atoms with Gasteiger partial charge in [0.25, 0.3) is 0 Å². The number of ether oxygens (including phenoxy) is 1. The summed E-state index contributed by atoms with van der Waals surface area (Å²) in [4.78, 5) is 1.14. The molecular weight excluding hydrogens is 334 g/mol. The van der Waals surface area contributed by atoms with Gasteiger partial charge in [0.1, 0.15) is 5.75 Å². The molecule has 1 aliphatic rings. The van der Waals surface area contributed by atoms with Crippen LogP contribution in [0.5, 0.6) is 5.75 Å². The van der Waals surface area contributed by atoms with Gasteiger partial charge in [-0.25, -0.2) is 0 Å². The predicted octanol–water partition coefficient (Wildman–Crippen LogP) is 4.30. The highest BCUT2D eigenvalue weighted by atomic mass is 79.9. The molecule has 0 bridgehead atoms. The van der Waals surface area contributed by atoms with Crippen molar-refractivity contribution in [3.05, 3.63) is 52.0 Å². The van der Waals surface area contributed by atoms with E-state index >= 15 is 0 Å². The summed E-state index contributed by atoms with van der Waals surface area (Å²) in [5, 5.41) is 0. The van der Waals surface area contributed by atoms with Gasteiger partial charge in [-0.15, -0.1) is 11.8 Å². The summed E-state index contributed by atoms with van der Waals surface area (Å²) in [7, 11) is 0. The molecule has 0 aromatic heterocycles. The average Bonchev–Trinajstić information content (AvgIpc) is 2.90. The van der Waals surface area contributed by atoms with E-state index in [1.807, 2.05) is 12.1 Å². The van der Waals surface area contributed by atoms with Gasteiger partial charge in [0.15, 0.2) is 0 Å². The van der Waals surface area contributed by atoms with E-state index < -0.39 is 0 Å². The molecule has 0 saturated carbocycles. The fourth-order valence-electron chi connectivity index (χ4n) is 2.31. The molecule has 2 aromatic carbocycles. The lowest BCUT2D eigenvalue weighted by molar-refractivity contribution is 0.357. The van der Waals surface area contributed by atoms with Gasteiger partial charge in [0, 0.05) is 27.2 Å². The summed E-state index contributed by atoms with van der Waals surface area (Å²) in [6.45, 7) is 0.822. The number of nitrogens with two attached hydrogens (primary N) is 1. The van der Waals surface area contributed by atoms with E-state index in [9.17, 15) is 0 Å². The van der Waals surface area contributed by atoms with Crippen LogP contribution in [0.4, 0.5) is 5.69 Å². The van der Waals surface area contributed by atoms with Gasteiger partial charge >= 0.3 is 0 Å². The number of thioether (sulfide) groups is 1. The number of aryl methyl sites for hydroxylation is 1. The van der Waals surface area contributed by atoms with Gasteiger partial charge in [-0.1, -0.05) is 28.1 Å². The summed E-state index contributed by atoms with van der Waals surface area (Å²) in [6, 6.07) is 12.5.